The maximum atomic E-state index is 11.5. The molecule has 0 fully saturated rings. The second-order valence-corrected chi connectivity index (χ2v) is 6.03. The molecule has 0 aliphatic rings. The molecule has 1 rings (SSSR count). The second-order valence-electron chi connectivity index (χ2n) is 3.75. The number of hydrogen-bond donors (Lipinski definition) is 0. The van der Waals surface area contributed by atoms with Gasteiger partial charge >= 0.3 is 0 Å². The van der Waals surface area contributed by atoms with E-state index in [1.807, 2.05) is 0 Å². The zero-order chi connectivity index (χ0) is 12.2. The fourth-order valence-corrected chi connectivity index (χ4v) is 2.23. The molecule has 4 heteroatoms. The van der Waals surface area contributed by atoms with Crippen LogP contribution in [0.3, 0.4) is 0 Å². The van der Waals surface area contributed by atoms with E-state index >= 15 is 0 Å². The summed E-state index contributed by atoms with van der Waals surface area (Å²) in [6.07, 6.45) is 1.17. The topological polar surface area (TPSA) is 51.2 Å². The molecule has 0 heterocycles. The van der Waals surface area contributed by atoms with Crippen molar-refractivity contribution < 1.29 is 13.2 Å². The van der Waals surface area contributed by atoms with Crippen LogP contribution in [0.1, 0.15) is 25.8 Å². The molecule has 0 bridgehead atoms. The highest BCUT2D eigenvalue weighted by molar-refractivity contribution is 7.91. The molecule has 0 atom stereocenters. The molecule has 0 aliphatic carbocycles. The van der Waals surface area contributed by atoms with Crippen molar-refractivity contribution in [3.05, 3.63) is 29.8 Å². The van der Waals surface area contributed by atoms with Crippen molar-refractivity contribution >= 4 is 15.6 Å². The maximum absolute atomic E-state index is 11.5. The van der Waals surface area contributed by atoms with Crippen LogP contribution in [-0.4, -0.2) is 20.0 Å². The molecule has 0 unspecified atom stereocenters. The molecule has 0 amide bonds. The van der Waals surface area contributed by atoms with Crippen molar-refractivity contribution in [1.29, 1.82) is 0 Å². The fourth-order valence-electron chi connectivity index (χ4n) is 1.35. The Balaban J connectivity index is 2.80. The van der Waals surface area contributed by atoms with Crippen molar-refractivity contribution in [2.24, 2.45) is 0 Å². The van der Waals surface area contributed by atoms with Crippen LogP contribution in [-0.2, 0) is 21.1 Å². The van der Waals surface area contributed by atoms with Crippen LogP contribution in [0, 0.1) is 0 Å². The van der Waals surface area contributed by atoms with Gasteiger partial charge in [0, 0.05) is 6.42 Å². The molecular weight excluding hydrogens is 224 g/mol. The molecule has 88 valence electrons. The molecule has 0 aliphatic heterocycles. The number of hydrogen-bond acceptors (Lipinski definition) is 3. The number of carbonyl (C=O) groups excluding carboxylic acids is 1. The van der Waals surface area contributed by atoms with Crippen molar-refractivity contribution in [3.8, 4) is 0 Å². The molecule has 0 aromatic heterocycles. The van der Waals surface area contributed by atoms with Crippen LogP contribution >= 0.6 is 0 Å². The summed E-state index contributed by atoms with van der Waals surface area (Å²) in [5.41, 5.74) is 0.991. The SMILES string of the molecule is CCS(=O)(=O)c1ccc(CCC(C)=O)cc1. The summed E-state index contributed by atoms with van der Waals surface area (Å²) in [5, 5.41) is 0. The normalized spacial score (nSPS) is 11.4. The predicted octanol–water partition coefficient (Wildman–Crippen LogP) is 2.00. The number of sulfone groups is 1. The number of benzene rings is 1. The largest absolute Gasteiger partial charge is 0.300 e. The van der Waals surface area contributed by atoms with E-state index in [-0.39, 0.29) is 11.5 Å². The Hall–Kier alpha value is -1.16. The van der Waals surface area contributed by atoms with Gasteiger partial charge in [0.25, 0.3) is 0 Å². The molecule has 0 N–H and O–H groups in total. The lowest BCUT2D eigenvalue weighted by atomic mass is 10.1. The average molecular weight is 240 g/mol. The Morgan fingerprint density at radius 3 is 2.19 bits per heavy atom. The minimum Gasteiger partial charge on any atom is -0.300 e. The summed E-state index contributed by atoms with van der Waals surface area (Å²) in [5.74, 6) is 0.255. The summed E-state index contributed by atoms with van der Waals surface area (Å²) in [6, 6.07) is 6.75. The standard InChI is InChI=1S/C12H16O3S/c1-3-16(14,15)12-8-6-11(7-9-12)5-4-10(2)13/h6-9H,3-5H2,1-2H3. The quantitative estimate of drug-likeness (QED) is 0.791. The minimum absolute atomic E-state index is 0.111. The Labute approximate surface area is 96.4 Å². The Bertz CT molecular complexity index is 458. The van der Waals surface area contributed by atoms with Crippen molar-refractivity contribution in [3.63, 3.8) is 0 Å². The highest BCUT2D eigenvalue weighted by Crippen LogP contribution is 2.13. The summed E-state index contributed by atoms with van der Waals surface area (Å²) in [7, 11) is -3.11. The zero-order valence-electron chi connectivity index (χ0n) is 9.56. The van der Waals surface area contributed by atoms with E-state index < -0.39 is 9.84 Å². The number of aryl methyl sites for hydroxylation is 1. The molecule has 1 aromatic carbocycles. The van der Waals surface area contributed by atoms with Gasteiger partial charge in [-0.15, -0.1) is 0 Å². The minimum atomic E-state index is -3.11. The summed E-state index contributed by atoms with van der Waals surface area (Å²) < 4.78 is 23.0. The molecule has 3 nitrogen and oxygen atoms in total. The van der Waals surface area contributed by atoms with Crippen LogP contribution < -0.4 is 0 Å². The van der Waals surface area contributed by atoms with Crippen LogP contribution in [0.15, 0.2) is 29.2 Å². The van der Waals surface area contributed by atoms with Gasteiger partial charge in [-0.1, -0.05) is 19.1 Å². The van der Waals surface area contributed by atoms with E-state index in [9.17, 15) is 13.2 Å². The van der Waals surface area contributed by atoms with Crippen LogP contribution in [0.4, 0.5) is 0 Å². The van der Waals surface area contributed by atoms with Crippen LogP contribution in [0.25, 0.3) is 0 Å². The fraction of sp³-hybridized carbons (Fsp3) is 0.417. The number of Topliss-reactive ketones (excluding diaryl/α,β-unsaturated/α-hetero) is 1. The lowest BCUT2D eigenvalue weighted by Crippen LogP contribution is -2.03. The van der Waals surface area contributed by atoms with E-state index in [4.69, 9.17) is 0 Å². The average Bonchev–Trinajstić information content (AvgIpc) is 2.27. The number of carbonyl (C=O) groups is 1. The van der Waals surface area contributed by atoms with Crippen molar-refractivity contribution in [1.82, 2.24) is 0 Å². The molecular formula is C12H16O3S. The third kappa shape index (κ3) is 3.45. The summed E-state index contributed by atoms with van der Waals surface area (Å²) >= 11 is 0. The van der Waals surface area contributed by atoms with Gasteiger partial charge in [-0.2, -0.15) is 0 Å². The van der Waals surface area contributed by atoms with Gasteiger partial charge < -0.3 is 4.79 Å². The van der Waals surface area contributed by atoms with Crippen molar-refractivity contribution in [2.45, 2.75) is 31.6 Å². The molecule has 0 saturated heterocycles. The monoisotopic (exact) mass is 240 g/mol. The van der Waals surface area contributed by atoms with Gasteiger partial charge in [0.15, 0.2) is 9.84 Å². The predicted molar refractivity (Wildman–Crippen MR) is 63.2 cm³/mol. The Morgan fingerprint density at radius 2 is 1.75 bits per heavy atom. The zero-order valence-corrected chi connectivity index (χ0v) is 10.4. The van der Waals surface area contributed by atoms with Crippen LogP contribution in [0.2, 0.25) is 0 Å². The highest BCUT2D eigenvalue weighted by atomic mass is 32.2. The lowest BCUT2D eigenvalue weighted by Gasteiger charge is -2.03. The smallest absolute Gasteiger partial charge is 0.178 e. The van der Waals surface area contributed by atoms with Gasteiger partial charge in [-0.3, -0.25) is 0 Å². The second kappa shape index (κ2) is 5.25. The molecule has 16 heavy (non-hydrogen) atoms. The van der Waals surface area contributed by atoms with E-state index in [0.29, 0.717) is 17.7 Å². The van der Waals surface area contributed by atoms with Gasteiger partial charge in [-0.05, 0) is 31.0 Å². The highest BCUT2D eigenvalue weighted by Gasteiger charge is 2.10. The van der Waals surface area contributed by atoms with Gasteiger partial charge in [-0.25, -0.2) is 8.42 Å². The maximum Gasteiger partial charge on any atom is 0.178 e. The molecule has 0 radical (unpaired) electrons. The third-order valence-corrected chi connectivity index (χ3v) is 4.18. The number of ketones is 1. The third-order valence-electron chi connectivity index (χ3n) is 2.43. The van der Waals surface area contributed by atoms with Crippen LogP contribution in [0.5, 0.6) is 0 Å². The first-order valence-corrected chi connectivity index (χ1v) is 6.92. The van der Waals surface area contributed by atoms with E-state index in [1.54, 1.807) is 38.1 Å². The Morgan fingerprint density at radius 1 is 1.19 bits per heavy atom. The Kier molecular flexibility index (Phi) is 4.24. The molecule has 1 aromatic rings. The van der Waals surface area contributed by atoms with E-state index in [2.05, 4.69) is 0 Å². The van der Waals surface area contributed by atoms with E-state index in [1.165, 1.54) is 0 Å². The van der Waals surface area contributed by atoms with Crippen molar-refractivity contribution in [2.75, 3.05) is 5.75 Å². The van der Waals surface area contributed by atoms with E-state index in [0.717, 1.165) is 5.56 Å². The first kappa shape index (κ1) is 12.9. The molecule has 0 saturated carbocycles. The summed E-state index contributed by atoms with van der Waals surface area (Å²) in [6.45, 7) is 3.18. The summed E-state index contributed by atoms with van der Waals surface area (Å²) in [4.78, 5) is 11.1. The van der Waals surface area contributed by atoms with Gasteiger partial charge in [0.05, 0.1) is 10.6 Å². The van der Waals surface area contributed by atoms with Gasteiger partial charge in [0.1, 0.15) is 5.78 Å². The molecule has 0 spiro atoms. The first-order chi connectivity index (χ1) is 7.45. The lowest BCUT2D eigenvalue weighted by molar-refractivity contribution is -0.116. The first-order valence-electron chi connectivity index (χ1n) is 5.27. The van der Waals surface area contributed by atoms with Gasteiger partial charge in [0.2, 0.25) is 0 Å². The number of rotatable bonds is 5.